The number of alkyl carbamates (subject to hydrolysis) is 1. The molecule has 0 aromatic heterocycles. The molecule has 2 N–H and O–H groups in total. The summed E-state index contributed by atoms with van der Waals surface area (Å²) < 4.78 is 10.3. The van der Waals surface area contributed by atoms with Crippen LogP contribution in [0.4, 0.5) is 9.59 Å². The van der Waals surface area contributed by atoms with Gasteiger partial charge in [0.2, 0.25) is 5.91 Å². The summed E-state index contributed by atoms with van der Waals surface area (Å²) in [6.45, 7) is 5.90. The smallest absolute Gasteiger partial charge is 0.408 e. The molecule has 1 heterocycles. The number of hydrogen-bond donors (Lipinski definition) is 2. The molecule has 0 radical (unpaired) electrons. The monoisotopic (exact) mass is 421 g/mol. The van der Waals surface area contributed by atoms with Crippen molar-refractivity contribution in [3.8, 4) is 0 Å². The van der Waals surface area contributed by atoms with Crippen molar-refractivity contribution >= 4 is 18.1 Å². The number of rotatable bonds is 6. The minimum atomic E-state index is -1.09. The van der Waals surface area contributed by atoms with Gasteiger partial charge >= 0.3 is 12.2 Å². The largest absolute Gasteiger partial charge is 0.465 e. The SMILES string of the molecule is COCC(=O)N1CC[C@@H](N(Cc2ccccc2)C(=O)O)[C@H](NC(=O)OC(C)(C)C)C1. The van der Waals surface area contributed by atoms with Crippen LogP contribution in [0.5, 0.6) is 0 Å². The van der Waals surface area contributed by atoms with Gasteiger partial charge in [-0.2, -0.15) is 0 Å². The van der Waals surface area contributed by atoms with E-state index in [-0.39, 0.29) is 25.6 Å². The lowest BCUT2D eigenvalue weighted by atomic mass is 9.97. The lowest BCUT2D eigenvalue weighted by molar-refractivity contribution is -0.137. The highest BCUT2D eigenvalue weighted by atomic mass is 16.6. The maximum atomic E-state index is 12.4. The molecule has 9 heteroatoms. The molecule has 1 fully saturated rings. The molecule has 166 valence electrons. The number of benzene rings is 1. The van der Waals surface area contributed by atoms with Crippen molar-refractivity contribution in [2.75, 3.05) is 26.8 Å². The van der Waals surface area contributed by atoms with Crippen molar-refractivity contribution < 1.29 is 29.0 Å². The Labute approximate surface area is 176 Å². The molecule has 1 aromatic rings. The van der Waals surface area contributed by atoms with E-state index in [1.54, 1.807) is 25.7 Å². The number of ether oxygens (including phenoxy) is 2. The molecule has 2 rings (SSSR count). The number of likely N-dealkylation sites (tertiary alicyclic amines) is 1. The van der Waals surface area contributed by atoms with E-state index in [1.807, 2.05) is 30.3 Å². The van der Waals surface area contributed by atoms with Crippen molar-refractivity contribution in [1.29, 1.82) is 0 Å². The maximum Gasteiger partial charge on any atom is 0.408 e. The molecule has 1 saturated heterocycles. The van der Waals surface area contributed by atoms with Crippen molar-refractivity contribution in [2.24, 2.45) is 0 Å². The highest BCUT2D eigenvalue weighted by Crippen LogP contribution is 2.21. The fourth-order valence-corrected chi connectivity index (χ4v) is 3.46. The zero-order valence-corrected chi connectivity index (χ0v) is 18.0. The minimum Gasteiger partial charge on any atom is -0.465 e. The molecule has 30 heavy (non-hydrogen) atoms. The third kappa shape index (κ3) is 6.91. The highest BCUT2D eigenvalue weighted by molar-refractivity contribution is 5.78. The zero-order valence-electron chi connectivity index (χ0n) is 18.0. The average molecular weight is 421 g/mol. The second-order valence-corrected chi connectivity index (χ2v) is 8.28. The summed E-state index contributed by atoms with van der Waals surface area (Å²) in [5, 5.41) is 12.6. The molecule has 9 nitrogen and oxygen atoms in total. The Balaban J connectivity index is 2.22. The van der Waals surface area contributed by atoms with Gasteiger partial charge in [-0.25, -0.2) is 9.59 Å². The Morgan fingerprint density at radius 2 is 1.90 bits per heavy atom. The van der Waals surface area contributed by atoms with Gasteiger partial charge in [0, 0.05) is 26.7 Å². The second-order valence-electron chi connectivity index (χ2n) is 8.28. The van der Waals surface area contributed by atoms with Crippen LogP contribution in [0.2, 0.25) is 0 Å². The first-order valence-electron chi connectivity index (χ1n) is 9.90. The molecule has 0 unspecified atom stereocenters. The first kappa shape index (κ1) is 23.5. The Kier molecular flexibility index (Phi) is 8.05. The van der Waals surface area contributed by atoms with Crippen LogP contribution in [0.3, 0.4) is 0 Å². The van der Waals surface area contributed by atoms with Crippen LogP contribution < -0.4 is 5.32 Å². The molecule has 0 aliphatic carbocycles. The topological polar surface area (TPSA) is 108 Å². The molecule has 0 spiro atoms. The standard InChI is InChI=1S/C21H31N3O6/c1-21(2,3)30-19(26)22-16-13-23(18(25)14-29-4)11-10-17(16)24(20(27)28)12-15-8-6-5-7-9-15/h5-9,16-17H,10-14H2,1-4H3,(H,22,26)(H,27,28)/t16-,17-/m1/s1. The number of amides is 3. The van der Waals surface area contributed by atoms with Gasteiger partial charge in [0.05, 0.1) is 12.1 Å². The average Bonchev–Trinajstić information content (AvgIpc) is 2.65. The summed E-state index contributed by atoms with van der Waals surface area (Å²) in [4.78, 5) is 39.6. The molecule has 1 aromatic carbocycles. The lowest BCUT2D eigenvalue weighted by Crippen LogP contribution is -2.62. The highest BCUT2D eigenvalue weighted by Gasteiger charge is 2.38. The van der Waals surface area contributed by atoms with Crippen LogP contribution in [0.1, 0.15) is 32.8 Å². The molecule has 0 saturated carbocycles. The third-order valence-electron chi connectivity index (χ3n) is 4.74. The first-order valence-corrected chi connectivity index (χ1v) is 9.90. The van der Waals surface area contributed by atoms with Gasteiger partial charge in [0.15, 0.2) is 0 Å². The van der Waals surface area contributed by atoms with Gasteiger partial charge in [-0.15, -0.1) is 0 Å². The fraction of sp³-hybridized carbons (Fsp3) is 0.571. The van der Waals surface area contributed by atoms with E-state index in [0.717, 1.165) is 5.56 Å². The summed E-state index contributed by atoms with van der Waals surface area (Å²) in [7, 11) is 1.44. The summed E-state index contributed by atoms with van der Waals surface area (Å²) in [6.07, 6.45) is -1.35. The van der Waals surface area contributed by atoms with Gasteiger partial charge in [-0.1, -0.05) is 30.3 Å². The number of nitrogens with zero attached hydrogens (tertiary/aromatic N) is 2. The van der Waals surface area contributed by atoms with E-state index < -0.39 is 29.9 Å². The zero-order chi connectivity index (χ0) is 22.3. The van der Waals surface area contributed by atoms with Gasteiger partial charge in [0.25, 0.3) is 0 Å². The normalized spacial score (nSPS) is 19.1. The van der Waals surface area contributed by atoms with Gasteiger partial charge in [0.1, 0.15) is 12.2 Å². The number of hydrogen-bond acceptors (Lipinski definition) is 5. The van der Waals surface area contributed by atoms with E-state index in [2.05, 4.69) is 5.32 Å². The van der Waals surface area contributed by atoms with Crippen molar-refractivity contribution in [2.45, 2.75) is 51.4 Å². The molecule has 2 atom stereocenters. The van der Waals surface area contributed by atoms with E-state index in [1.165, 1.54) is 12.0 Å². The number of carbonyl (C=O) groups excluding carboxylic acids is 2. The maximum absolute atomic E-state index is 12.4. The fourth-order valence-electron chi connectivity index (χ4n) is 3.46. The van der Waals surface area contributed by atoms with Crippen LogP contribution in [-0.2, 0) is 20.8 Å². The summed E-state index contributed by atoms with van der Waals surface area (Å²) >= 11 is 0. The van der Waals surface area contributed by atoms with E-state index in [4.69, 9.17) is 9.47 Å². The molecule has 1 aliphatic rings. The quantitative estimate of drug-likeness (QED) is 0.730. The number of nitrogens with one attached hydrogen (secondary N) is 1. The first-order chi connectivity index (χ1) is 14.1. The molecule has 1 aliphatic heterocycles. The molecule has 3 amide bonds. The van der Waals surface area contributed by atoms with Crippen molar-refractivity contribution in [1.82, 2.24) is 15.1 Å². The lowest BCUT2D eigenvalue weighted by Gasteiger charge is -2.43. The Morgan fingerprint density at radius 1 is 1.23 bits per heavy atom. The molecule has 0 bridgehead atoms. The summed E-state index contributed by atoms with van der Waals surface area (Å²) in [5.41, 5.74) is 0.143. The van der Waals surface area contributed by atoms with Gasteiger partial charge in [-0.05, 0) is 32.8 Å². The van der Waals surface area contributed by atoms with Crippen LogP contribution in [-0.4, -0.2) is 77.5 Å². The molecular weight excluding hydrogens is 390 g/mol. The predicted molar refractivity (Wildman–Crippen MR) is 110 cm³/mol. The Hall–Kier alpha value is -2.81. The van der Waals surface area contributed by atoms with Crippen LogP contribution in [0.25, 0.3) is 0 Å². The number of piperidine rings is 1. The van der Waals surface area contributed by atoms with Crippen molar-refractivity contribution in [3.05, 3.63) is 35.9 Å². The Bertz CT molecular complexity index is 734. The Morgan fingerprint density at radius 3 is 2.47 bits per heavy atom. The van der Waals surface area contributed by atoms with Crippen LogP contribution in [0.15, 0.2) is 30.3 Å². The van der Waals surface area contributed by atoms with E-state index in [9.17, 15) is 19.5 Å². The number of carboxylic acid groups (broad SMARTS) is 1. The number of carbonyl (C=O) groups is 3. The van der Waals surface area contributed by atoms with Crippen LogP contribution in [0, 0.1) is 0 Å². The second kappa shape index (κ2) is 10.3. The van der Waals surface area contributed by atoms with Crippen LogP contribution >= 0.6 is 0 Å². The van der Waals surface area contributed by atoms with Crippen molar-refractivity contribution in [3.63, 3.8) is 0 Å². The molecular formula is C21H31N3O6. The predicted octanol–water partition coefficient (Wildman–Crippen LogP) is 2.31. The third-order valence-corrected chi connectivity index (χ3v) is 4.74. The number of methoxy groups -OCH3 is 1. The van der Waals surface area contributed by atoms with E-state index in [0.29, 0.717) is 13.0 Å². The summed E-state index contributed by atoms with van der Waals surface area (Å²) in [6, 6.07) is 8.13. The minimum absolute atomic E-state index is 0.0729. The van der Waals surface area contributed by atoms with E-state index >= 15 is 0 Å². The van der Waals surface area contributed by atoms with Gasteiger partial charge in [-0.3, -0.25) is 9.69 Å². The summed E-state index contributed by atoms with van der Waals surface area (Å²) in [5.74, 6) is -0.211. The van der Waals surface area contributed by atoms with Gasteiger partial charge < -0.3 is 24.8 Å².